The number of hydrogen-bond donors (Lipinski definition) is 1. The highest BCUT2D eigenvalue weighted by atomic mass is 19.1. The molecule has 35 heavy (non-hydrogen) atoms. The highest BCUT2D eigenvalue weighted by molar-refractivity contribution is 5.92. The molecule has 1 aliphatic heterocycles. The van der Waals surface area contributed by atoms with E-state index in [9.17, 15) is 23.5 Å². The summed E-state index contributed by atoms with van der Waals surface area (Å²) >= 11 is 0. The third-order valence-electron chi connectivity index (χ3n) is 6.40. The Hall–Kier alpha value is -4.07. The fourth-order valence-electron chi connectivity index (χ4n) is 4.71. The maximum Gasteiger partial charge on any atom is 0.341 e. The van der Waals surface area contributed by atoms with E-state index in [2.05, 4.69) is 0 Å². The van der Waals surface area contributed by atoms with Crippen LogP contribution in [0.25, 0.3) is 33.8 Å². The molecule has 6 nitrogen and oxygen atoms in total. The largest absolute Gasteiger partial charge is 0.477 e. The fraction of sp³-hybridized carbons (Fsp3) is 0.222. The molecule has 8 heteroatoms. The van der Waals surface area contributed by atoms with E-state index in [1.165, 1.54) is 36.5 Å². The number of hydrogen-bond acceptors (Lipinski definition) is 3. The van der Waals surface area contributed by atoms with Crippen LogP contribution in [0.2, 0.25) is 0 Å². The van der Waals surface area contributed by atoms with Crippen LogP contribution in [0.4, 0.5) is 8.78 Å². The van der Waals surface area contributed by atoms with Gasteiger partial charge < -0.3 is 9.67 Å². The summed E-state index contributed by atoms with van der Waals surface area (Å²) in [5.74, 6) is -2.19. The maximum atomic E-state index is 14.3. The van der Waals surface area contributed by atoms with Crippen molar-refractivity contribution in [1.29, 1.82) is 0 Å². The molecule has 5 rings (SSSR count). The SMILES string of the molecule is CC(C)(C)[C@@H]1Cn2nc(-c3cccc(F)c3)c(-c3cccc(F)c3)c2-c2cc(=O)c(C(=O)O)cn21. The molecule has 0 bridgehead atoms. The number of pyridine rings is 1. The van der Waals surface area contributed by atoms with Gasteiger partial charge in [0.15, 0.2) is 5.43 Å². The second-order valence-corrected chi connectivity index (χ2v) is 9.81. The van der Waals surface area contributed by atoms with E-state index in [0.717, 1.165) is 0 Å². The van der Waals surface area contributed by atoms with Gasteiger partial charge in [-0.15, -0.1) is 0 Å². The smallest absolute Gasteiger partial charge is 0.341 e. The Morgan fingerprint density at radius 3 is 2.26 bits per heavy atom. The summed E-state index contributed by atoms with van der Waals surface area (Å²) in [6, 6.07) is 13.1. The van der Waals surface area contributed by atoms with Gasteiger partial charge in [0.1, 0.15) is 22.9 Å². The van der Waals surface area contributed by atoms with Gasteiger partial charge in [0, 0.05) is 23.4 Å². The molecule has 0 aliphatic carbocycles. The number of carbonyl (C=O) groups is 1. The van der Waals surface area contributed by atoms with E-state index in [-0.39, 0.29) is 17.0 Å². The van der Waals surface area contributed by atoms with Crippen LogP contribution in [-0.4, -0.2) is 25.4 Å². The summed E-state index contributed by atoms with van der Waals surface area (Å²) in [7, 11) is 0. The predicted octanol–water partition coefficient (Wildman–Crippen LogP) is 5.62. The number of carboxylic acid groups (broad SMARTS) is 1. The monoisotopic (exact) mass is 475 g/mol. The lowest BCUT2D eigenvalue weighted by molar-refractivity contribution is 0.0693. The Morgan fingerprint density at radius 2 is 1.66 bits per heavy atom. The molecule has 0 amide bonds. The summed E-state index contributed by atoms with van der Waals surface area (Å²) in [5, 5.41) is 14.4. The van der Waals surface area contributed by atoms with Crippen molar-refractivity contribution in [2.24, 2.45) is 5.41 Å². The van der Waals surface area contributed by atoms with Gasteiger partial charge in [-0.2, -0.15) is 5.10 Å². The molecule has 0 saturated carbocycles. The number of rotatable bonds is 3. The molecule has 1 aliphatic rings. The Morgan fingerprint density at radius 1 is 1.03 bits per heavy atom. The Bertz CT molecular complexity index is 1550. The van der Waals surface area contributed by atoms with E-state index in [1.807, 2.05) is 20.8 Å². The van der Waals surface area contributed by atoms with Gasteiger partial charge in [0.25, 0.3) is 0 Å². The molecule has 0 spiro atoms. The van der Waals surface area contributed by atoms with Crippen LogP contribution in [0.3, 0.4) is 0 Å². The molecule has 4 aromatic rings. The van der Waals surface area contributed by atoms with E-state index < -0.39 is 23.0 Å². The van der Waals surface area contributed by atoms with E-state index >= 15 is 0 Å². The molecule has 2 aromatic carbocycles. The lowest BCUT2D eigenvalue weighted by Crippen LogP contribution is -2.35. The van der Waals surface area contributed by atoms with Crippen molar-refractivity contribution in [1.82, 2.24) is 14.3 Å². The summed E-state index contributed by atoms with van der Waals surface area (Å²) in [4.78, 5) is 24.5. The van der Waals surface area contributed by atoms with Gasteiger partial charge >= 0.3 is 5.97 Å². The third-order valence-corrected chi connectivity index (χ3v) is 6.40. The maximum absolute atomic E-state index is 14.3. The number of fused-ring (bicyclic) bond motifs is 3. The number of aromatic nitrogens is 3. The van der Waals surface area contributed by atoms with E-state index in [1.54, 1.807) is 33.5 Å². The van der Waals surface area contributed by atoms with Crippen molar-refractivity contribution in [3.63, 3.8) is 0 Å². The van der Waals surface area contributed by atoms with Crippen LogP contribution in [0.15, 0.2) is 65.6 Å². The van der Waals surface area contributed by atoms with Gasteiger partial charge in [-0.3, -0.25) is 9.48 Å². The van der Waals surface area contributed by atoms with Gasteiger partial charge in [0.2, 0.25) is 0 Å². The van der Waals surface area contributed by atoms with E-state index in [4.69, 9.17) is 5.10 Å². The van der Waals surface area contributed by atoms with Gasteiger partial charge in [-0.25, -0.2) is 13.6 Å². The second-order valence-electron chi connectivity index (χ2n) is 9.81. The van der Waals surface area contributed by atoms with Crippen molar-refractivity contribution in [3.8, 4) is 33.8 Å². The zero-order valence-corrected chi connectivity index (χ0v) is 19.4. The zero-order chi connectivity index (χ0) is 25.1. The minimum atomic E-state index is -1.30. The first-order valence-corrected chi connectivity index (χ1v) is 11.2. The molecule has 2 aromatic heterocycles. The molecule has 1 N–H and O–H groups in total. The van der Waals surface area contributed by atoms with Crippen molar-refractivity contribution >= 4 is 5.97 Å². The van der Waals surface area contributed by atoms with Crippen molar-refractivity contribution in [2.45, 2.75) is 33.4 Å². The van der Waals surface area contributed by atoms with Crippen LogP contribution in [-0.2, 0) is 6.54 Å². The Balaban J connectivity index is 1.89. The molecule has 178 valence electrons. The molecule has 1 atom stereocenters. The van der Waals surface area contributed by atoms with Crippen LogP contribution < -0.4 is 5.43 Å². The summed E-state index contributed by atoms with van der Waals surface area (Å²) in [5.41, 5.74) is 1.75. The lowest BCUT2D eigenvalue weighted by Gasteiger charge is -2.38. The molecular formula is C27H23F2N3O3. The van der Waals surface area contributed by atoms with Crippen LogP contribution in [0.5, 0.6) is 0 Å². The average molecular weight is 475 g/mol. The average Bonchev–Trinajstić information content (AvgIpc) is 3.17. The number of halogens is 2. The zero-order valence-electron chi connectivity index (χ0n) is 19.4. The lowest BCUT2D eigenvalue weighted by atomic mass is 9.84. The Labute approximate surface area is 200 Å². The number of benzene rings is 2. The summed E-state index contributed by atoms with van der Waals surface area (Å²) < 4.78 is 32.0. The molecule has 0 unspecified atom stereocenters. The first kappa shape index (κ1) is 22.7. The molecule has 0 radical (unpaired) electrons. The number of carboxylic acids is 1. The van der Waals surface area contributed by atoms with Crippen LogP contribution >= 0.6 is 0 Å². The second kappa shape index (κ2) is 8.01. The quantitative estimate of drug-likeness (QED) is 0.417. The molecular weight excluding hydrogens is 452 g/mol. The topological polar surface area (TPSA) is 77.1 Å². The summed E-state index contributed by atoms with van der Waals surface area (Å²) in [6.45, 7) is 6.45. The van der Waals surface area contributed by atoms with E-state index in [0.29, 0.717) is 40.3 Å². The minimum Gasteiger partial charge on any atom is -0.477 e. The number of nitrogens with zero attached hydrogens (tertiary/aromatic N) is 3. The van der Waals surface area contributed by atoms with Crippen molar-refractivity contribution in [2.75, 3.05) is 0 Å². The molecule has 3 heterocycles. The highest BCUT2D eigenvalue weighted by Crippen LogP contribution is 2.46. The third kappa shape index (κ3) is 3.84. The Kier molecular flexibility index (Phi) is 5.20. The van der Waals surface area contributed by atoms with Crippen molar-refractivity contribution in [3.05, 3.63) is 88.2 Å². The normalized spacial score (nSPS) is 14.9. The predicted molar refractivity (Wildman–Crippen MR) is 128 cm³/mol. The highest BCUT2D eigenvalue weighted by Gasteiger charge is 2.37. The minimum absolute atomic E-state index is 0.232. The van der Waals surface area contributed by atoms with Crippen LogP contribution in [0, 0.1) is 17.0 Å². The molecule has 0 fully saturated rings. The van der Waals surface area contributed by atoms with Gasteiger partial charge in [0.05, 0.1) is 24.0 Å². The fourth-order valence-corrected chi connectivity index (χ4v) is 4.71. The van der Waals surface area contributed by atoms with Crippen LogP contribution in [0.1, 0.15) is 37.2 Å². The first-order chi connectivity index (χ1) is 16.5. The standard InChI is InChI=1S/C27H23F2N3O3/c1-27(2,3)22-14-32-25(20-12-21(33)19(26(34)35)13-31(20)22)23(15-6-4-8-17(28)10-15)24(30-32)16-7-5-9-18(29)11-16/h4-13,22H,14H2,1-3H3,(H,34,35)/t22-/m0/s1. The van der Waals surface area contributed by atoms with Gasteiger partial charge in [-0.1, -0.05) is 45.0 Å². The van der Waals surface area contributed by atoms with Gasteiger partial charge in [-0.05, 0) is 35.2 Å². The summed E-state index contributed by atoms with van der Waals surface area (Å²) in [6.07, 6.45) is 1.38. The number of aromatic carboxylic acids is 1. The molecule has 0 saturated heterocycles. The first-order valence-electron chi connectivity index (χ1n) is 11.2. The van der Waals surface area contributed by atoms with Crippen molar-refractivity contribution < 1.29 is 18.7 Å².